The number of alkyl halides is 3. The number of methoxy groups -OCH3 is 1. The van der Waals surface area contributed by atoms with Gasteiger partial charge in [-0.25, -0.2) is 9.59 Å². The van der Waals surface area contributed by atoms with Gasteiger partial charge in [-0.1, -0.05) is 24.3 Å². The van der Waals surface area contributed by atoms with Crippen molar-refractivity contribution in [3.8, 4) is 5.75 Å². The number of carbonyl (C=O) groups excluding carboxylic acids is 3. The fourth-order valence-electron chi connectivity index (χ4n) is 5.02. The van der Waals surface area contributed by atoms with Crippen LogP contribution >= 0.6 is 0 Å². The van der Waals surface area contributed by atoms with Crippen molar-refractivity contribution < 1.29 is 37.0 Å². The molecule has 12 heteroatoms. The van der Waals surface area contributed by atoms with Crippen LogP contribution < -0.4 is 10.1 Å². The highest BCUT2D eigenvalue weighted by atomic mass is 19.4. The maximum atomic E-state index is 13.3. The van der Waals surface area contributed by atoms with Gasteiger partial charge in [0.15, 0.2) is 0 Å². The first-order valence-corrected chi connectivity index (χ1v) is 13.5. The fourth-order valence-corrected chi connectivity index (χ4v) is 5.02. The smallest absolute Gasteiger partial charge is 0.416 e. The molecular weight excluding hydrogens is 553 g/mol. The number of benzene rings is 2. The van der Waals surface area contributed by atoms with Gasteiger partial charge in [0, 0.05) is 50.5 Å². The van der Waals surface area contributed by atoms with Crippen molar-refractivity contribution in [1.82, 2.24) is 20.0 Å². The highest BCUT2D eigenvalue weighted by molar-refractivity contribution is 5.96. The molecular formula is C30H33F3N4O5. The maximum Gasteiger partial charge on any atom is 0.416 e. The van der Waals surface area contributed by atoms with E-state index in [0.29, 0.717) is 48.8 Å². The Balaban J connectivity index is 1.62. The number of esters is 1. The van der Waals surface area contributed by atoms with E-state index in [2.05, 4.69) is 11.9 Å². The molecule has 3 amide bonds. The molecule has 0 spiro atoms. The first-order chi connectivity index (χ1) is 20.1. The quantitative estimate of drug-likeness (QED) is 0.349. The Morgan fingerprint density at radius 3 is 2.38 bits per heavy atom. The normalized spacial score (nSPS) is 18.0. The van der Waals surface area contributed by atoms with Crippen molar-refractivity contribution in [2.75, 3.05) is 53.0 Å². The van der Waals surface area contributed by atoms with Crippen LogP contribution in [0.25, 0.3) is 0 Å². The minimum Gasteiger partial charge on any atom is -0.497 e. The molecule has 0 bridgehead atoms. The van der Waals surface area contributed by atoms with Gasteiger partial charge in [-0.2, -0.15) is 13.2 Å². The van der Waals surface area contributed by atoms with Gasteiger partial charge in [-0.05, 0) is 42.8 Å². The number of rotatable bonds is 9. The standard InChI is InChI=1S/C30H33F3N4O5/c1-4-13-37-24(19-35-14-16-36(17-15-35)27(38)21-7-6-8-23(18-21)41-3)25(28(39)42-5-2)26(34-29(37)40)20-9-11-22(12-10-20)30(31,32)33/h4,6-12,18,26H,1,5,13-17,19H2,2-3H3,(H,34,40). The zero-order valence-electron chi connectivity index (χ0n) is 23.4. The molecule has 1 atom stereocenters. The largest absolute Gasteiger partial charge is 0.497 e. The lowest BCUT2D eigenvalue weighted by Crippen LogP contribution is -2.53. The average molecular weight is 587 g/mol. The molecule has 2 aromatic rings. The Bertz CT molecular complexity index is 1350. The molecule has 0 radical (unpaired) electrons. The number of hydrogen-bond acceptors (Lipinski definition) is 6. The summed E-state index contributed by atoms with van der Waals surface area (Å²) in [7, 11) is 1.53. The van der Waals surface area contributed by atoms with Crippen LogP contribution in [0, 0.1) is 0 Å². The van der Waals surface area contributed by atoms with Crippen LogP contribution in [-0.4, -0.2) is 85.6 Å². The number of piperazine rings is 1. The first-order valence-electron chi connectivity index (χ1n) is 13.5. The summed E-state index contributed by atoms with van der Waals surface area (Å²) in [5.74, 6) is -0.232. The van der Waals surface area contributed by atoms with Crippen LogP contribution in [0.3, 0.4) is 0 Å². The summed E-state index contributed by atoms with van der Waals surface area (Å²) >= 11 is 0. The highest BCUT2D eigenvalue weighted by Gasteiger charge is 2.39. The van der Waals surface area contributed by atoms with Crippen LogP contribution in [0.1, 0.15) is 34.5 Å². The van der Waals surface area contributed by atoms with E-state index in [9.17, 15) is 27.6 Å². The van der Waals surface area contributed by atoms with Gasteiger partial charge in [-0.15, -0.1) is 6.58 Å². The second-order valence-corrected chi connectivity index (χ2v) is 9.78. The molecule has 2 aromatic carbocycles. The van der Waals surface area contributed by atoms with Gasteiger partial charge in [-0.3, -0.25) is 14.6 Å². The number of nitrogens with zero attached hydrogens (tertiary/aromatic N) is 3. The highest BCUT2D eigenvalue weighted by Crippen LogP contribution is 2.35. The topological polar surface area (TPSA) is 91.4 Å². The SMILES string of the molecule is C=CCN1C(=O)NC(c2ccc(C(F)(F)F)cc2)C(C(=O)OCC)=C1CN1CCN(C(=O)c2cccc(OC)c2)CC1. The van der Waals surface area contributed by atoms with Crippen LogP contribution in [0.15, 0.2) is 72.5 Å². The number of hydrogen-bond donors (Lipinski definition) is 1. The van der Waals surface area contributed by atoms with E-state index in [1.807, 2.05) is 4.90 Å². The van der Waals surface area contributed by atoms with Crippen molar-refractivity contribution in [3.05, 3.63) is 89.1 Å². The monoisotopic (exact) mass is 586 g/mol. The van der Waals surface area contributed by atoms with Crippen molar-refractivity contribution >= 4 is 17.9 Å². The average Bonchev–Trinajstić information content (AvgIpc) is 2.98. The zero-order valence-corrected chi connectivity index (χ0v) is 23.4. The molecule has 2 aliphatic rings. The summed E-state index contributed by atoms with van der Waals surface area (Å²) in [4.78, 5) is 44.8. The third-order valence-corrected chi connectivity index (χ3v) is 7.17. The van der Waals surface area contributed by atoms with Crippen molar-refractivity contribution in [3.63, 3.8) is 0 Å². The molecule has 0 aromatic heterocycles. The maximum absolute atomic E-state index is 13.3. The van der Waals surface area contributed by atoms with E-state index in [4.69, 9.17) is 9.47 Å². The summed E-state index contributed by atoms with van der Waals surface area (Å²) in [6.07, 6.45) is -3.01. The first kappa shape index (κ1) is 30.6. The third kappa shape index (κ3) is 6.76. The summed E-state index contributed by atoms with van der Waals surface area (Å²) in [6.45, 7) is 7.45. The van der Waals surface area contributed by atoms with Gasteiger partial charge >= 0.3 is 18.2 Å². The summed E-state index contributed by atoms with van der Waals surface area (Å²) < 4.78 is 50.1. The lowest BCUT2D eigenvalue weighted by Gasteiger charge is -2.40. The fraction of sp³-hybridized carbons (Fsp3) is 0.367. The van der Waals surface area contributed by atoms with Crippen LogP contribution in [-0.2, 0) is 15.7 Å². The van der Waals surface area contributed by atoms with E-state index in [-0.39, 0.29) is 31.2 Å². The van der Waals surface area contributed by atoms with Gasteiger partial charge < -0.3 is 19.7 Å². The summed E-state index contributed by atoms with van der Waals surface area (Å²) in [5, 5.41) is 2.75. The second kappa shape index (κ2) is 13.1. The Labute approximate surface area is 242 Å². The van der Waals surface area contributed by atoms with Crippen LogP contribution in [0.5, 0.6) is 5.75 Å². The molecule has 0 saturated carbocycles. The minimum absolute atomic E-state index is 0.0653. The predicted molar refractivity (Wildman–Crippen MR) is 149 cm³/mol. The molecule has 9 nitrogen and oxygen atoms in total. The molecule has 1 unspecified atom stereocenters. The van der Waals surface area contributed by atoms with Gasteiger partial charge in [0.25, 0.3) is 5.91 Å². The Kier molecular flexibility index (Phi) is 9.56. The van der Waals surface area contributed by atoms with E-state index in [1.54, 1.807) is 36.1 Å². The Hall–Kier alpha value is -4.32. The Morgan fingerprint density at radius 1 is 1.10 bits per heavy atom. The van der Waals surface area contributed by atoms with E-state index in [1.165, 1.54) is 30.2 Å². The third-order valence-electron chi connectivity index (χ3n) is 7.17. The molecule has 4 rings (SSSR count). The number of amides is 3. The number of halogens is 3. The van der Waals surface area contributed by atoms with Crippen LogP contribution in [0.4, 0.5) is 18.0 Å². The number of carbonyl (C=O) groups is 3. The summed E-state index contributed by atoms with van der Waals surface area (Å²) in [6, 6.07) is 9.70. The number of ether oxygens (including phenoxy) is 2. The lowest BCUT2D eigenvalue weighted by atomic mass is 9.93. The van der Waals surface area contributed by atoms with Gasteiger partial charge in [0.05, 0.1) is 30.9 Å². The van der Waals surface area contributed by atoms with E-state index >= 15 is 0 Å². The van der Waals surface area contributed by atoms with Gasteiger partial charge in [0.2, 0.25) is 0 Å². The molecule has 2 aliphatic heterocycles. The van der Waals surface area contributed by atoms with Crippen molar-refractivity contribution in [2.45, 2.75) is 19.1 Å². The molecule has 0 aliphatic carbocycles. The zero-order chi connectivity index (χ0) is 30.4. The molecule has 224 valence electrons. The van der Waals surface area contributed by atoms with Gasteiger partial charge in [0.1, 0.15) is 5.75 Å². The summed E-state index contributed by atoms with van der Waals surface area (Å²) in [5.41, 5.74) is 0.479. The molecule has 1 saturated heterocycles. The molecule has 2 heterocycles. The predicted octanol–water partition coefficient (Wildman–Crippen LogP) is 4.24. The van der Waals surface area contributed by atoms with E-state index < -0.39 is 29.8 Å². The van der Waals surface area contributed by atoms with Crippen molar-refractivity contribution in [1.29, 1.82) is 0 Å². The lowest BCUT2D eigenvalue weighted by molar-refractivity contribution is -0.139. The minimum atomic E-state index is -4.53. The molecule has 1 fully saturated rings. The van der Waals surface area contributed by atoms with Crippen molar-refractivity contribution in [2.24, 2.45) is 0 Å². The second-order valence-electron chi connectivity index (χ2n) is 9.78. The molecule has 42 heavy (non-hydrogen) atoms. The number of urea groups is 1. The molecule has 1 N–H and O–H groups in total. The van der Waals surface area contributed by atoms with E-state index in [0.717, 1.165) is 12.1 Å². The van der Waals surface area contributed by atoms with Crippen LogP contribution in [0.2, 0.25) is 0 Å². The number of nitrogens with one attached hydrogen (secondary N) is 1. The Morgan fingerprint density at radius 2 is 1.79 bits per heavy atom.